The average Bonchev–Trinajstić information content (AvgIpc) is 1.87. The van der Waals surface area contributed by atoms with E-state index in [1.807, 2.05) is 6.92 Å². The van der Waals surface area contributed by atoms with E-state index in [1.54, 1.807) is 6.92 Å². The molecule has 0 aliphatic rings. The summed E-state index contributed by atoms with van der Waals surface area (Å²) < 4.78 is 0. The predicted molar refractivity (Wildman–Crippen MR) is 44.1 cm³/mol. The lowest BCUT2D eigenvalue weighted by Gasteiger charge is -2.05. The van der Waals surface area contributed by atoms with E-state index in [-0.39, 0.29) is 0 Å². The van der Waals surface area contributed by atoms with Crippen molar-refractivity contribution >= 4 is 11.7 Å². The minimum Gasteiger partial charge on any atom is -0.481 e. The van der Waals surface area contributed by atoms with E-state index < -0.39 is 11.9 Å². The molecule has 0 fully saturated rings. The summed E-state index contributed by atoms with van der Waals surface area (Å²) in [5.41, 5.74) is 0.544. The maximum absolute atomic E-state index is 10.3. The largest absolute Gasteiger partial charge is 0.481 e. The first-order valence-electron chi connectivity index (χ1n) is 3.87. The second kappa shape index (κ2) is 4.88. The zero-order chi connectivity index (χ0) is 8.85. The molecule has 0 rings (SSSR count). The number of hydrogen-bond donors (Lipinski definition) is 2. The Hall–Kier alpha value is -0.860. The number of carbonyl (C=O) groups is 1. The third kappa shape index (κ3) is 4.53. The molecule has 3 heteroatoms. The van der Waals surface area contributed by atoms with Gasteiger partial charge >= 0.3 is 5.97 Å². The zero-order valence-corrected chi connectivity index (χ0v) is 7.05. The van der Waals surface area contributed by atoms with Crippen molar-refractivity contribution in [3.8, 4) is 0 Å². The molecule has 0 saturated heterocycles. The van der Waals surface area contributed by atoms with Crippen LogP contribution in [0.5, 0.6) is 0 Å². The summed E-state index contributed by atoms with van der Waals surface area (Å²) in [4.78, 5) is 10.3. The van der Waals surface area contributed by atoms with Crippen LogP contribution in [-0.4, -0.2) is 16.8 Å². The quantitative estimate of drug-likeness (QED) is 0.599. The molecule has 2 N–H and O–H groups in total. The Labute approximate surface area is 66.9 Å². The van der Waals surface area contributed by atoms with E-state index in [9.17, 15) is 4.79 Å². The summed E-state index contributed by atoms with van der Waals surface area (Å²) in [5.74, 6) is -1.22. The normalized spacial score (nSPS) is 12.5. The Morgan fingerprint density at radius 1 is 1.64 bits per heavy atom. The third-order valence-electron chi connectivity index (χ3n) is 1.53. The summed E-state index contributed by atoms with van der Waals surface area (Å²) >= 11 is 0. The molecule has 0 aromatic heterocycles. The molecule has 0 heterocycles. The lowest BCUT2D eigenvalue weighted by molar-refractivity contribution is -0.140. The first-order chi connectivity index (χ1) is 5.07. The molecule has 0 spiro atoms. The van der Waals surface area contributed by atoms with Crippen LogP contribution in [-0.2, 0) is 4.79 Å². The van der Waals surface area contributed by atoms with Crippen LogP contribution >= 0.6 is 0 Å². The van der Waals surface area contributed by atoms with Gasteiger partial charge in [0.1, 0.15) is 0 Å². The number of carboxylic acids is 1. The lowest BCUT2D eigenvalue weighted by atomic mass is 10.0. The summed E-state index contributed by atoms with van der Waals surface area (Å²) in [6, 6.07) is 0. The van der Waals surface area contributed by atoms with Gasteiger partial charge in [0, 0.05) is 5.71 Å². The first-order valence-corrected chi connectivity index (χ1v) is 3.87. The molecule has 64 valence electrons. The van der Waals surface area contributed by atoms with E-state index in [0.717, 1.165) is 12.8 Å². The molecule has 0 amide bonds. The highest BCUT2D eigenvalue weighted by Crippen LogP contribution is 2.05. The van der Waals surface area contributed by atoms with Gasteiger partial charge in [0.05, 0.1) is 5.92 Å². The summed E-state index contributed by atoms with van der Waals surface area (Å²) in [5, 5.41) is 15.9. The van der Waals surface area contributed by atoms with Crippen molar-refractivity contribution in [1.82, 2.24) is 0 Å². The maximum Gasteiger partial charge on any atom is 0.306 e. The molecular formula is C8H15NO2. The molecule has 0 aliphatic heterocycles. The fourth-order valence-corrected chi connectivity index (χ4v) is 0.861. The van der Waals surface area contributed by atoms with Gasteiger partial charge in [0.2, 0.25) is 0 Å². The van der Waals surface area contributed by atoms with Gasteiger partial charge in [0.15, 0.2) is 0 Å². The number of rotatable bonds is 5. The van der Waals surface area contributed by atoms with Crippen LogP contribution in [0.4, 0.5) is 0 Å². The molecule has 1 atom stereocenters. The summed E-state index contributed by atoms with van der Waals surface area (Å²) in [6.07, 6.45) is 2.03. The Bertz CT molecular complexity index is 154. The molecule has 0 aromatic rings. The van der Waals surface area contributed by atoms with Crippen molar-refractivity contribution < 1.29 is 9.90 Å². The van der Waals surface area contributed by atoms with Gasteiger partial charge in [-0.1, -0.05) is 20.3 Å². The number of carboxylic acid groups (broad SMARTS) is 1. The SMILES string of the molecule is CCCC(=N)CC(C)C(=O)O. The fourth-order valence-electron chi connectivity index (χ4n) is 0.861. The molecule has 0 aliphatic carbocycles. The minimum atomic E-state index is -0.814. The molecule has 3 nitrogen and oxygen atoms in total. The van der Waals surface area contributed by atoms with Crippen molar-refractivity contribution in [2.75, 3.05) is 0 Å². The minimum absolute atomic E-state index is 0.392. The van der Waals surface area contributed by atoms with Gasteiger partial charge in [-0.3, -0.25) is 4.79 Å². The Morgan fingerprint density at radius 2 is 2.18 bits per heavy atom. The van der Waals surface area contributed by atoms with E-state index >= 15 is 0 Å². The van der Waals surface area contributed by atoms with Crippen molar-refractivity contribution in [1.29, 1.82) is 5.41 Å². The van der Waals surface area contributed by atoms with Gasteiger partial charge < -0.3 is 10.5 Å². The highest BCUT2D eigenvalue weighted by Gasteiger charge is 2.12. The van der Waals surface area contributed by atoms with Gasteiger partial charge in [-0.15, -0.1) is 0 Å². The van der Waals surface area contributed by atoms with Crippen LogP contribution in [0.2, 0.25) is 0 Å². The Morgan fingerprint density at radius 3 is 2.55 bits per heavy atom. The van der Waals surface area contributed by atoms with E-state index in [4.69, 9.17) is 10.5 Å². The van der Waals surface area contributed by atoms with Crippen LogP contribution in [0.1, 0.15) is 33.1 Å². The molecule has 1 unspecified atom stereocenters. The van der Waals surface area contributed by atoms with Crippen molar-refractivity contribution in [2.24, 2.45) is 5.92 Å². The molecule has 0 radical (unpaired) electrons. The number of hydrogen-bond acceptors (Lipinski definition) is 2. The smallest absolute Gasteiger partial charge is 0.306 e. The van der Waals surface area contributed by atoms with Gasteiger partial charge in [-0.05, 0) is 12.8 Å². The van der Waals surface area contributed by atoms with Crippen molar-refractivity contribution in [3.05, 3.63) is 0 Å². The van der Waals surface area contributed by atoms with E-state index in [0.29, 0.717) is 12.1 Å². The van der Waals surface area contributed by atoms with Crippen LogP contribution in [0.25, 0.3) is 0 Å². The van der Waals surface area contributed by atoms with E-state index in [2.05, 4.69) is 0 Å². The number of nitrogens with one attached hydrogen (secondary N) is 1. The van der Waals surface area contributed by atoms with E-state index in [1.165, 1.54) is 0 Å². The number of aliphatic carboxylic acids is 1. The van der Waals surface area contributed by atoms with Crippen LogP contribution in [0.3, 0.4) is 0 Å². The molecule has 11 heavy (non-hydrogen) atoms. The van der Waals surface area contributed by atoms with Crippen LogP contribution in [0, 0.1) is 11.3 Å². The predicted octanol–water partition coefficient (Wildman–Crippen LogP) is 1.92. The maximum atomic E-state index is 10.3. The third-order valence-corrected chi connectivity index (χ3v) is 1.53. The summed E-state index contributed by atoms with van der Waals surface area (Å²) in [7, 11) is 0. The molecule has 0 bridgehead atoms. The van der Waals surface area contributed by atoms with Gasteiger partial charge in [-0.2, -0.15) is 0 Å². The van der Waals surface area contributed by atoms with Crippen LogP contribution < -0.4 is 0 Å². The first kappa shape index (κ1) is 10.1. The monoisotopic (exact) mass is 157 g/mol. The zero-order valence-electron chi connectivity index (χ0n) is 7.05. The lowest BCUT2D eigenvalue weighted by Crippen LogP contribution is -2.13. The van der Waals surface area contributed by atoms with Gasteiger partial charge in [-0.25, -0.2) is 0 Å². The second-order valence-corrected chi connectivity index (χ2v) is 2.80. The molecular weight excluding hydrogens is 142 g/mol. The Kier molecular flexibility index (Phi) is 4.50. The van der Waals surface area contributed by atoms with Gasteiger partial charge in [0.25, 0.3) is 0 Å². The molecule has 0 saturated carbocycles. The average molecular weight is 157 g/mol. The van der Waals surface area contributed by atoms with Crippen LogP contribution in [0.15, 0.2) is 0 Å². The highest BCUT2D eigenvalue weighted by molar-refractivity contribution is 5.85. The topological polar surface area (TPSA) is 61.2 Å². The molecule has 0 aromatic carbocycles. The fraction of sp³-hybridized carbons (Fsp3) is 0.750. The standard InChI is InChI=1S/C8H15NO2/c1-3-4-7(9)5-6(2)8(10)11/h6,9H,3-5H2,1-2H3,(H,10,11). The van der Waals surface area contributed by atoms with Crippen molar-refractivity contribution in [2.45, 2.75) is 33.1 Å². The Balaban J connectivity index is 3.66. The highest BCUT2D eigenvalue weighted by atomic mass is 16.4. The van der Waals surface area contributed by atoms with Crippen molar-refractivity contribution in [3.63, 3.8) is 0 Å². The second-order valence-electron chi connectivity index (χ2n) is 2.80. The summed E-state index contributed by atoms with van der Waals surface area (Å²) in [6.45, 7) is 3.62.